The first-order chi connectivity index (χ1) is 34.6. The quantitative estimate of drug-likeness (QED) is 0.0581. The van der Waals surface area contributed by atoms with Crippen molar-refractivity contribution < 1.29 is 101 Å². The average molecular weight is 1030 g/mol. The number of hydrogen-bond donors (Lipinski definition) is 2. The van der Waals surface area contributed by atoms with Crippen LogP contribution in [-0.4, -0.2) is 188 Å². The first-order valence-electron chi connectivity index (χ1n) is 22.7. The van der Waals surface area contributed by atoms with Crippen molar-refractivity contribution in [2.24, 2.45) is 5.92 Å². The summed E-state index contributed by atoms with van der Waals surface area (Å²) in [5, 5.41) is 5.79. The van der Waals surface area contributed by atoms with E-state index in [1.54, 1.807) is 5.92 Å². The van der Waals surface area contributed by atoms with Crippen molar-refractivity contribution in [3.05, 3.63) is 0 Å². The van der Waals surface area contributed by atoms with Crippen LogP contribution in [0.4, 0.5) is 0 Å². The number of rotatable bonds is 27. The van der Waals surface area contributed by atoms with Gasteiger partial charge in [0, 0.05) is 123 Å². The Morgan fingerprint density at radius 3 is 0.973 bits per heavy atom. The SMILES string of the molecule is C#CC(=O)NCC(CNC(C)=O)C(=O)N(CCC(=O)N(CCC(=O)ON1C(=O)CCC1=O)CCC(=O)ON1C(=O)CCC1=O)CCC(=O)N(CCC(=O)ON1C(=O)CCC1=O)CCC(=O)ON1C(=O)CCC1=O. The molecule has 394 valence electrons. The molecule has 4 aliphatic rings. The predicted octanol–water partition coefficient (Wildman–Crippen LogP) is -4.26. The molecular formula is C43H51N9O21. The summed E-state index contributed by atoms with van der Waals surface area (Å²) >= 11 is 0. The van der Waals surface area contributed by atoms with E-state index in [1.165, 1.54) is 0 Å². The summed E-state index contributed by atoms with van der Waals surface area (Å²) in [7, 11) is 0. The van der Waals surface area contributed by atoms with Crippen LogP contribution in [0.2, 0.25) is 0 Å². The Balaban J connectivity index is 1.56. The molecule has 30 nitrogen and oxygen atoms in total. The number of amides is 13. The Bertz CT molecular complexity index is 2060. The second-order valence-electron chi connectivity index (χ2n) is 16.3. The molecule has 0 bridgehead atoms. The second-order valence-corrected chi connectivity index (χ2v) is 16.3. The zero-order chi connectivity index (χ0) is 53.9. The van der Waals surface area contributed by atoms with Crippen molar-refractivity contribution in [2.75, 3.05) is 52.4 Å². The first kappa shape index (κ1) is 56.9. The van der Waals surface area contributed by atoms with E-state index in [4.69, 9.17) is 25.8 Å². The fraction of sp³-hybridized carbons (Fsp3) is 0.558. The number of hydrogen-bond acceptors (Lipinski definition) is 21. The summed E-state index contributed by atoms with van der Waals surface area (Å²) in [6.45, 7) is -3.09. The van der Waals surface area contributed by atoms with Crippen molar-refractivity contribution >= 4 is 101 Å². The topological polar surface area (TPSA) is 374 Å². The average Bonchev–Trinajstić information content (AvgIpc) is 4.06. The third kappa shape index (κ3) is 17.3. The van der Waals surface area contributed by atoms with Gasteiger partial charge in [-0.2, -0.15) is 0 Å². The van der Waals surface area contributed by atoms with Crippen LogP contribution in [0.25, 0.3) is 0 Å². The highest BCUT2D eigenvalue weighted by atomic mass is 16.7. The summed E-state index contributed by atoms with van der Waals surface area (Å²) in [4.78, 5) is 236. The van der Waals surface area contributed by atoms with Crippen LogP contribution in [0.5, 0.6) is 0 Å². The molecule has 4 aliphatic heterocycles. The molecule has 4 fully saturated rings. The highest BCUT2D eigenvalue weighted by Crippen LogP contribution is 2.18. The van der Waals surface area contributed by atoms with Crippen LogP contribution in [0.3, 0.4) is 0 Å². The monoisotopic (exact) mass is 1030 g/mol. The van der Waals surface area contributed by atoms with Crippen LogP contribution < -0.4 is 10.6 Å². The minimum atomic E-state index is -1.31. The number of imide groups is 4. The van der Waals surface area contributed by atoms with Gasteiger partial charge in [0.05, 0.1) is 31.6 Å². The maximum atomic E-state index is 14.3. The van der Waals surface area contributed by atoms with E-state index < -0.39 is 197 Å². The Labute approximate surface area is 413 Å². The van der Waals surface area contributed by atoms with Crippen LogP contribution in [-0.2, 0) is 101 Å². The lowest BCUT2D eigenvalue weighted by molar-refractivity contribution is -0.198. The third-order valence-electron chi connectivity index (χ3n) is 10.9. The smallest absolute Gasteiger partial charge is 0.334 e. The Morgan fingerprint density at radius 2 is 0.712 bits per heavy atom. The van der Waals surface area contributed by atoms with Crippen LogP contribution in [0.1, 0.15) is 96.8 Å². The van der Waals surface area contributed by atoms with E-state index >= 15 is 0 Å². The van der Waals surface area contributed by atoms with E-state index in [0.717, 1.165) is 21.6 Å². The van der Waals surface area contributed by atoms with E-state index in [-0.39, 0.29) is 71.6 Å². The highest BCUT2D eigenvalue weighted by molar-refractivity contribution is 6.03. The molecule has 0 saturated carbocycles. The van der Waals surface area contributed by atoms with Gasteiger partial charge in [-0.3, -0.25) is 62.3 Å². The molecule has 4 rings (SSSR count). The Hall–Kier alpha value is -8.65. The Morgan fingerprint density at radius 1 is 0.452 bits per heavy atom. The van der Waals surface area contributed by atoms with E-state index in [2.05, 4.69) is 10.6 Å². The molecule has 4 heterocycles. The molecule has 0 spiro atoms. The lowest BCUT2D eigenvalue weighted by Crippen LogP contribution is -2.48. The third-order valence-corrected chi connectivity index (χ3v) is 10.9. The summed E-state index contributed by atoms with van der Waals surface area (Å²) in [5.41, 5.74) is 0. The Kier molecular flexibility index (Phi) is 21.1. The minimum absolute atomic E-state index is 0.221. The number of hydroxylamine groups is 8. The zero-order valence-electron chi connectivity index (χ0n) is 39.4. The molecule has 0 aromatic rings. The number of carbonyl (C=O) groups is 17. The number of nitrogens with one attached hydrogen (secondary N) is 2. The second kappa shape index (κ2) is 27.1. The standard InChI is InChI=1S/C43H51N9O21/c1-3-28(54)45-25-27(24-44-26(2)53)43(69)48(18-12-29(55)46(20-14-39(65)70-49-31(57)4-5-32(49)58)21-15-40(66)71-50-33(59)6-7-34(50)60)19-13-30(56)47(22-16-41(67)72-51-35(61)8-9-36(51)62)23-17-42(68)73-52-37(63)10-11-38(52)64/h1,27H,4-25H2,2H3,(H,44,53)(H,45,54). The van der Waals surface area contributed by atoms with Crippen molar-refractivity contribution in [3.8, 4) is 12.3 Å². The molecule has 0 aromatic carbocycles. The summed E-state index contributed by atoms with van der Waals surface area (Å²) < 4.78 is 0. The zero-order valence-corrected chi connectivity index (χ0v) is 39.4. The van der Waals surface area contributed by atoms with Gasteiger partial charge in [-0.15, -0.1) is 26.7 Å². The van der Waals surface area contributed by atoms with Gasteiger partial charge in [0.25, 0.3) is 53.2 Å². The van der Waals surface area contributed by atoms with Crippen molar-refractivity contribution in [1.82, 2.24) is 45.6 Å². The molecule has 1 unspecified atom stereocenters. The summed E-state index contributed by atoms with van der Waals surface area (Å²) in [5.74, 6) is -14.7. The molecule has 73 heavy (non-hydrogen) atoms. The molecule has 13 amide bonds. The van der Waals surface area contributed by atoms with Gasteiger partial charge in [0.1, 0.15) is 0 Å². The molecular weight excluding hydrogens is 979 g/mol. The molecule has 0 radical (unpaired) electrons. The van der Waals surface area contributed by atoms with Gasteiger partial charge in [-0.05, 0) is 5.92 Å². The first-order valence-corrected chi connectivity index (χ1v) is 22.7. The maximum absolute atomic E-state index is 14.3. The molecule has 4 saturated heterocycles. The number of carbonyl (C=O) groups excluding carboxylic acids is 17. The van der Waals surface area contributed by atoms with Crippen molar-refractivity contribution in [3.63, 3.8) is 0 Å². The van der Waals surface area contributed by atoms with Gasteiger partial charge in [0.2, 0.25) is 23.6 Å². The fourth-order valence-electron chi connectivity index (χ4n) is 7.00. The molecule has 2 N–H and O–H groups in total. The maximum Gasteiger partial charge on any atom is 0.334 e. The van der Waals surface area contributed by atoms with Gasteiger partial charge >= 0.3 is 23.9 Å². The lowest BCUT2D eigenvalue weighted by atomic mass is 10.1. The molecule has 30 heteroatoms. The minimum Gasteiger partial charge on any atom is -0.355 e. The fourth-order valence-corrected chi connectivity index (χ4v) is 7.00. The van der Waals surface area contributed by atoms with Crippen LogP contribution >= 0.6 is 0 Å². The highest BCUT2D eigenvalue weighted by Gasteiger charge is 2.37. The molecule has 0 aliphatic carbocycles. The lowest BCUT2D eigenvalue weighted by Gasteiger charge is -2.30. The van der Waals surface area contributed by atoms with Crippen LogP contribution in [0, 0.1) is 18.3 Å². The normalized spacial score (nSPS) is 15.8. The molecule has 1 atom stereocenters. The molecule has 0 aromatic heterocycles. The van der Waals surface area contributed by atoms with E-state index in [1.807, 2.05) is 0 Å². The largest absolute Gasteiger partial charge is 0.355 e. The van der Waals surface area contributed by atoms with Crippen LogP contribution in [0.15, 0.2) is 0 Å². The summed E-state index contributed by atoms with van der Waals surface area (Å²) in [6.07, 6.45) is -0.578. The van der Waals surface area contributed by atoms with Crippen molar-refractivity contribution in [2.45, 2.75) is 96.8 Å². The predicted molar refractivity (Wildman–Crippen MR) is 230 cm³/mol. The summed E-state index contributed by atoms with van der Waals surface area (Å²) in [6, 6.07) is 0. The number of terminal acetylenes is 1. The van der Waals surface area contributed by atoms with E-state index in [9.17, 15) is 81.5 Å². The van der Waals surface area contributed by atoms with Crippen molar-refractivity contribution in [1.29, 1.82) is 0 Å². The van der Waals surface area contributed by atoms with Gasteiger partial charge in [-0.1, -0.05) is 0 Å². The van der Waals surface area contributed by atoms with Gasteiger partial charge in [0.15, 0.2) is 0 Å². The van der Waals surface area contributed by atoms with E-state index in [0.29, 0.717) is 0 Å². The van der Waals surface area contributed by atoms with Gasteiger partial charge in [-0.25, -0.2) is 19.2 Å². The number of nitrogens with zero attached hydrogens (tertiary/aromatic N) is 7. The van der Waals surface area contributed by atoms with Gasteiger partial charge < -0.3 is 44.7 Å².